The fourth-order valence-electron chi connectivity index (χ4n) is 4.90. The van der Waals surface area contributed by atoms with Crippen molar-refractivity contribution in [3.05, 3.63) is 60.2 Å². The summed E-state index contributed by atoms with van der Waals surface area (Å²) in [7, 11) is 0. The molecule has 0 bridgehead atoms. The predicted octanol–water partition coefficient (Wildman–Crippen LogP) is 6.47. The zero-order valence-electron chi connectivity index (χ0n) is 19.6. The second-order valence-corrected chi connectivity index (χ2v) is 9.75. The van der Waals surface area contributed by atoms with Gasteiger partial charge < -0.3 is 14.2 Å². The molecule has 4 nitrogen and oxygen atoms in total. The molecule has 0 amide bonds. The first-order chi connectivity index (χ1) is 14.8. The molecule has 0 N–H and O–H groups in total. The van der Waals surface area contributed by atoms with Crippen molar-refractivity contribution in [1.82, 2.24) is 0 Å². The topological polar surface area (TPSA) is 44.8 Å². The number of hydrogen-bond donors (Lipinski definition) is 0. The van der Waals surface area contributed by atoms with E-state index in [4.69, 9.17) is 14.2 Å². The van der Waals surface area contributed by atoms with Gasteiger partial charge in [0.25, 0.3) is 0 Å². The van der Waals surface area contributed by atoms with Crippen LogP contribution in [-0.2, 0) is 14.2 Å². The summed E-state index contributed by atoms with van der Waals surface area (Å²) in [5.74, 6) is -0.773. The Kier molecular flexibility index (Phi) is 7.77. The molecule has 3 rings (SSSR count). The average Bonchev–Trinajstić information content (AvgIpc) is 3.23. The Balaban J connectivity index is 1.74. The molecular weight excluding hydrogens is 388 g/mol. The molecule has 0 aromatic heterocycles. The Morgan fingerprint density at radius 1 is 1.13 bits per heavy atom. The van der Waals surface area contributed by atoms with E-state index in [2.05, 4.69) is 39.8 Å². The maximum atomic E-state index is 12.7. The fourth-order valence-corrected chi connectivity index (χ4v) is 4.90. The van der Waals surface area contributed by atoms with Gasteiger partial charge in [-0.1, -0.05) is 77.0 Å². The molecule has 1 spiro atoms. The zero-order valence-corrected chi connectivity index (χ0v) is 19.6. The second kappa shape index (κ2) is 10.1. The highest BCUT2D eigenvalue weighted by Gasteiger charge is 2.52. The van der Waals surface area contributed by atoms with Crippen LogP contribution in [0.1, 0.15) is 76.6 Å². The highest BCUT2D eigenvalue weighted by Crippen LogP contribution is 2.50. The molecule has 1 aliphatic carbocycles. The van der Waals surface area contributed by atoms with Crippen molar-refractivity contribution in [3.63, 3.8) is 0 Å². The maximum Gasteiger partial charge on any atom is 0.338 e. The largest absolute Gasteiger partial charge is 0.454 e. The van der Waals surface area contributed by atoms with Crippen molar-refractivity contribution in [2.24, 2.45) is 10.8 Å². The lowest BCUT2D eigenvalue weighted by Gasteiger charge is -2.46. The van der Waals surface area contributed by atoms with Crippen LogP contribution in [0.5, 0.6) is 0 Å². The van der Waals surface area contributed by atoms with Crippen molar-refractivity contribution in [2.75, 3.05) is 13.2 Å². The smallest absolute Gasteiger partial charge is 0.338 e. The second-order valence-electron chi connectivity index (χ2n) is 9.75. The summed E-state index contributed by atoms with van der Waals surface area (Å²) in [6.45, 7) is 10.0. The molecule has 1 heterocycles. The number of hydrogen-bond acceptors (Lipinski definition) is 4. The standard InChI is InChI=1S/C27H38O4/c1-5-16-25(2,3)23(31-24(28)22-13-7-6-8-14-22)15-9-10-17-26(4)18-11-12-19-27(26)29-20-21-30-27/h6-10,13-15,17,23H,5,11-12,16,18-21H2,1-4H3/b15-9+,17-10+. The van der Waals surface area contributed by atoms with Crippen LogP contribution in [0.25, 0.3) is 0 Å². The number of rotatable bonds is 8. The van der Waals surface area contributed by atoms with E-state index >= 15 is 0 Å². The minimum Gasteiger partial charge on any atom is -0.454 e. The van der Waals surface area contributed by atoms with Crippen LogP contribution in [0, 0.1) is 10.8 Å². The van der Waals surface area contributed by atoms with Crippen LogP contribution >= 0.6 is 0 Å². The molecule has 4 heteroatoms. The van der Waals surface area contributed by atoms with Crippen LogP contribution in [0.15, 0.2) is 54.6 Å². The molecule has 170 valence electrons. The van der Waals surface area contributed by atoms with E-state index in [0.29, 0.717) is 18.8 Å². The number of carbonyl (C=O) groups excluding carboxylic acids is 1. The first-order valence-corrected chi connectivity index (χ1v) is 11.7. The molecule has 1 aromatic rings. The number of carbonyl (C=O) groups is 1. The maximum absolute atomic E-state index is 12.7. The van der Waals surface area contributed by atoms with Gasteiger partial charge in [0.15, 0.2) is 5.79 Å². The quantitative estimate of drug-likeness (QED) is 0.353. The number of allylic oxidation sites excluding steroid dienone is 2. The molecule has 1 saturated carbocycles. The summed E-state index contributed by atoms with van der Waals surface area (Å²) in [6, 6.07) is 9.20. The lowest BCUT2D eigenvalue weighted by molar-refractivity contribution is -0.235. The summed E-state index contributed by atoms with van der Waals surface area (Å²) >= 11 is 0. The SMILES string of the molecule is CCCC(C)(C)C(/C=C/C=C/C1(C)CCCCC12OCCO2)OC(=O)c1ccccc1. The highest BCUT2D eigenvalue weighted by molar-refractivity contribution is 5.89. The Morgan fingerprint density at radius 3 is 2.48 bits per heavy atom. The van der Waals surface area contributed by atoms with Gasteiger partial charge in [-0.05, 0) is 37.5 Å². The van der Waals surface area contributed by atoms with E-state index in [1.54, 1.807) is 12.1 Å². The van der Waals surface area contributed by atoms with E-state index in [1.807, 2.05) is 30.4 Å². The van der Waals surface area contributed by atoms with Crippen LogP contribution in [0.4, 0.5) is 0 Å². The Hall–Kier alpha value is -1.91. The van der Waals surface area contributed by atoms with Gasteiger partial charge in [0.1, 0.15) is 6.10 Å². The van der Waals surface area contributed by atoms with Gasteiger partial charge in [0, 0.05) is 17.3 Å². The van der Waals surface area contributed by atoms with E-state index < -0.39 is 5.79 Å². The van der Waals surface area contributed by atoms with Crippen LogP contribution in [0.2, 0.25) is 0 Å². The van der Waals surface area contributed by atoms with Gasteiger partial charge in [-0.3, -0.25) is 0 Å². The lowest BCUT2D eigenvalue weighted by Crippen LogP contribution is -2.48. The van der Waals surface area contributed by atoms with Gasteiger partial charge in [-0.15, -0.1) is 0 Å². The van der Waals surface area contributed by atoms with Crippen molar-refractivity contribution in [3.8, 4) is 0 Å². The molecule has 1 aromatic carbocycles. The van der Waals surface area contributed by atoms with Gasteiger partial charge in [-0.2, -0.15) is 0 Å². The fraction of sp³-hybridized carbons (Fsp3) is 0.593. The van der Waals surface area contributed by atoms with Crippen LogP contribution in [0.3, 0.4) is 0 Å². The van der Waals surface area contributed by atoms with Crippen LogP contribution < -0.4 is 0 Å². The monoisotopic (exact) mass is 426 g/mol. The van der Waals surface area contributed by atoms with Gasteiger partial charge in [0.05, 0.1) is 18.8 Å². The number of ether oxygens (including phenoxy) is 3. The van der Waals surface area contributed by atoms with E-state index in [-0.39, 0.29) is 22.9 Å². The molecule has 1 saturated heterocycles. The minimum absolute atomic E-state index is 0.152. The third-order valence-corrected chi connectivity index (χ3v) is 6.85. The molecule has 0 radical (unpaired) electrons. The Morgan fingerprint density at radius 2 is 1.81 bits per heavy atom. The van der Waals surface area contributed by atoms with Crippen molar-refractivity contribution in [1.29, 1.82) is 0 Å². The average molecular weight is 427 g/mol. The third-order valence-electron chi connectivity index (χ3n) is 6.85. The van der Waals surface area contributed by atoms with E-state index in [9.17, 15) is 4.79 Å². The molecule has 2 unspecified atom stereocenters. The van der Waals surface area contributed by atoms with Crippen molar-refractivity contribution in [2.45, 2.75) is 78.1 Å². The summed E-state index contributed by atoms with van der Waals surface area (Å²) in [5.41, 5.74) is 0.272. The van der Waals surface area contributed by atoms with E-state index in [1.165, 1.54) is 6.42 Å². The summed E-state index contributed by atoms with van der Waals surface area (Å²) in [6.07, 6.45) is 14.3. The molecule has 1 aliphatic heterocycles. The highest BCUT2D eigenvalue weighted by atomic mass is 16.7. The number of benzene rings is 1. The normalized spacial score (nSPS) is 24.8. The van der Waals surface area contributed by atoms with Crippen molar-refractivity contribution < 1.29 is 19.0 Å². The molecule has 2 atom stereocenters. The Labute approximate surface area is 187 Å². The molecule has 2 fully saturated rings. The molecular formula is C27H38O4. The molecule has 31 heavy (non-hydrogen) atoms. The minimum atomic E-state index is -0.490. The third kappa shape index (κ3) is 5.48. The van der Waals surface area contributed by atoms with Crippen molar-refractivity contribution >= 4 is 5.97 Å². The van der Waals surface area contributed by atoms with Gasteiger partial charge >= 0.3 is 5.97 Å². The van der Waals surface area contributed by atoms with Crippen LogP contribution in [-0.4, -0.2) is 31.1 Å². The zero-order chi connectivity index (χ0) is 22.4. The number of esters is 1. The first kappa shape index (κ1) is 23.7. The predicted molar refractivity (Wildman–Crippen MR) is 124 cm³/mol. The Bertz CT molecular complexity index is 774. The van der Waals surface area contributed by atoms with Gasteiger partial charge in [0.2, 0.25) is 0 Å². The van der Waals surface area contributed by atoms with Gasteiger partial charge in [-0.25, -0.2) is 4.79 Å². The molecule has 2 aliphatic rings. The summed E-state index contributed by atoms with van der Waals surface area (Å²) in [4.78, 5) is 12.7. The summed E-state index contributed by atoms with van der Waals surface area (Å²) < 4.78 is 18.1. The summed E-state index contributed by atoms with van der Waals surface area (Å²) in [5, 5.41) is 0. The van der Waals surface area contributed by atoms with E-state index in [0.717, 1.165) is 32.1 Å². The first-order valence-electron chi connectivity index (χ1n) is 11.7. The lowest BCUT2D eigenvalue weighted by atomic mass is 9.70.